The Morgan fingerprint density at radius 3 is 2.60 bits per heavy atom. The highest BCUT2D eigenvalue weighted by atomic mass is 79.9. The molecule has 0 radical (unpaired) electrons. The fourth-order valence-corrected chi connectivity index (χ4v) is 3.92. The van der Waals surface area contributed by atoms with Gasteiger partial charge in [0, 0.05) is 17.1 Å². The lowest BCUT2D eigenvalue weighted by Crippen LogP contribution is -2.31. The molecular weight excluding hydrogens is 474 g/mol. The summed E-state index contributed by atoms with van der Waals surface area (Å²) in [5, 5.41) is 8.65. The van der Waals surface area contributed by atoms with Gasteiger partial charge in [-0.05, 0) is 53.7 Å². The third kappa shape index (κ3) is 5.29. The molecule has 1 aliphatic heterocycles. The van der Waals surface area contributed by atoms with Crippen LogP contribution in [0.2, 0.25) is 0 Å². The van der Waals surface area contributed by atoms with Crippen molar-refractivity contribution in [2.45, 2.75) is 6.61 Å². The van der Waals surface area contributed by atoms with Gasteiger partial charge in [-0.1, -0.05) is 28.1 Å². The minimum absolute atomic E-state index is 0.201. The largest absolute Gasteiger partial charge is 0.488 e. The molecule has 1 fully saturated rings. The van der Waals surface area contributed by atoms with Gasteiger partial charge in [-0.2, -0.15) is 0 Å². The van der Waals surface area contributed by atoms with Crippen LogP contribution in [0.4, 0.5) is 4.79 Å². The Morgan fingerprint density at radius 2 is 1.93 bits per heavy atom. The van der Waals surface area contributed by atoms with E-state index in [0.29, 0.717) is 16.2 Å². The van der Waals surface area contributed by atoms with Crippen LogP contribution in [-0.4, -0.2) is 47.4 Å². The molecule has 30 heavy (non-hydrogen) atoms. The summed E-state index contributed by atoms with van der Waals surface area (Å²) in [6, 6.07) is 11.8. The van der Waals surface area contributed by atoms with Crippen molar-refractivity contribution < 1.29 is 29.0 Å². The average molecular weight is 492 g/mol. The van der Waals surface area contributed by atoms with Crippen molar-refractivity contribution in [1.29, 1.82) is 0 Å². The first kappa shape index (κ1) is 22.1. The maximum absolute atomic E-state index is 12.5. The number of imide groups is 1. The second-order valence-corrected chi connectivity index (χ2v) is 8.21. The van der Waals surface area contributed by atoms with Crippen LogP contribution in [0.25, 0.3) is 6.08 Å². The molecule has 0 aromatic heterocycles. The molecule has 1 aliphatic rings. The van der Waals surface area contributed by atoms with E-state index in [2.05, 4.69) is 15.9 Å². The summed E-state index contributed by atoms with van der Waals surface area (Å²) in [7, 11) is 1.51. The van der Waals surface area contributed by atoms with Crippen LogP contribution >= 0.6 is 27.7 Å². The summed E-state index contributed by atoms with van der Waals surface area (Å²) in [6.07, 6.45) is 1.63. The summed E-state index contributed by atoms with van der Waals surface area (Å²) >= 11 is 4.29. The van der Waals surface area contributed by atoms with Crippen LogP contribution in [0.5, 0.6) is 5.75 Å². The number of nitrogens with zero attached hydrogens (tertiary/aromatic N) is 1. The number of thioether (sulfide) groups is 1. The van der Waals surface area contributed by atoms with Crippen LogP contribution in [0.3, 0.4) is 0 Å². The lowest BCUT2D eigenvalue weighted by atomic mass is 10.1. The van der Waals surface area contributed by atoms with Gasteiger partial charge in [0.05, 0.1) is 23.6 Å². The Bertz CT molecular complexity index is 1010. The van der Waals surface area contributed by atoms with Crippen molar-refractivity contribution in [3.05, 3.63) is 68.5 Å². The number of carboxylic acid groups (broad SMARTS) is 1. The number of methoxy groups -OCH3 is 1. The summed E-state index contributed by atoms with van der Waals surface area (Å²) < 4.78 is 11.6. The van der Waals surface area contributed by atoms with Gasteiger partial charge in [-0.25, -0.2) is 4.79 Å². The molecule has 7 nitrogen and oxygen atoms in total. The fraction of sp³-hybridized carbons (Fsp3) is 0.190. The van der Waals surface area contributed by atoms with Crippen LogP contribution in [-0.2, 0) is 16.1 Å². The molecule has 2 amide bonds. The maximum Gasteiger partial charge on any atom is 0.335 e. The molecule has 0 bridgehead atoms. The number of amides is 2. The highest BCUT2D eigenvalue weighted by molar-refractivity contribution is 9.10. The van der Waals surface area contributed by atoms with Gasteiger partial charge in [0.2, 0.25) is 0 Å². The average Bonchev–Trinajstić information content (AvgIpc) is 2.98. The van der Waals surface area contributed by atoms with Crippen LogP contribution in [0.1, 0.15) is 21.5 Å². The predicted molar refractivity (Wildman–Crippen MR) is 116 cm³/mol. The number of hydrogen-bond donors (Lipinski definition) is 1. The molecular formula is C21H18BrNO6S. The Morgan fingerprint density at radius 1 is 1.20 bits per heavy atom. The van der Waals surface area contributed by atoms with Crippen LogP contribution in [0, 0.1) is 0 Å². The summed E-state index contributed by atoms with van der Waals surface area (Å²) in [4.78, 5) is 37.1. The second-order valence-electron chi connectivity index (χ2n) is 6.30. The molecule has 2 aromatic rings. The first-order valence-corrected chi connectivity index (χ1v) is 10.5. The number of hydrogen-bond acceptors (Lipinski definition) is 6. The lowest BCUT2D eigenvalue weighted by Gasteiger charge is -2.12. The summed E-state index contributed by atoms with van der Waals surface area (Å²) in [5.74, 6) is -0.821. The van der Waals surface area contributed by atoms with Crippen molar-refractivity contribution in [2.75, 3.05) is 20.3 Å². The highest BCUT2D eigenvalue weighted by Crippen LogP contribution is 2.35. The van der Waals surface area contributed by atoms with Gasteiger partial charge in [-0.15, -0.1) is 0 Å². The number of rotatable bonds is 8. The van der Waals surface area contributed by atoms with E-state index in [1.54, 1.807) is 30.3 Å². The summed E-state index contributed by atoms with van der Waals surface area (Å²) in [5.41, 5.74) is 1.64. The van der Waals surface area contributed by atoms with Crippen LogP contribution in [0.15, 0.2) is 51.8 Å². The third-order valence-electron chi connectivity index (χ3n) is 4.25. The number of aromatic carboxylic acids is 1. The number of carbonyl (C=O) groups is 3. The van der Waals surface area contributed by atoms with Crippen molar-refractivity contribution in [2.24, 2.45) is 0 Å². The zero-order chi connectivity index (χ0) is 21.7. The zero-order valence-electron chi connectivity index (χ0n) is 16.0. The van der Waals surface area contributed by atoms with Crippen molar-refractivity contribution in [1.82, 2.24) is 4.90 Å². The SMILES string of the molecule is COCCN1C(=O)S/C(=C/c2cc(Br)ccc2OCc2ccc(C(=O)O)cc2)C1=O. The standard InChI is InChI=1S/C21H18BrNO6S/c1-28-9-8-23-19(24)18(30-21(23)27)11-15-10-16(22)6-7-17(15)29-12-13-2-4-14(5-3-13)20(25)26/h2-7,10-11H,8-9,12H2,1H3,(H,25,26)/b18-11+. The van der Waals surface area contributed by atoms with E-state index < -0.39 is 5.97 Å². The number of halogens is 1. The fourth-order valence-electron chi connectivity index (χ4n) is 2.68. The normalized spacial score (nSPS) is 15.1. The van der Waals surface area contributed by atoms with E-state index in [1.165, 1.54) is 19.2 Å². The van der Waals surface area contributed by atoms with Crippen molar-refractivity contribution in [3.63, 3.8) is 0 Å². The number of carboxylic acids is 1. The van der Waals surface area contributed by atoms with Crippen molar-refractivity contribution in [3.8, 4) is 5.75 Å². The molecule has 0 unspecified atom stereocenters. The monoisotopic (exact) mass is 491 g/mol. The molecule has 9 heteroatoms. The van der Waals surface area contributed by atoms with Crippen LogP contribution < -0.4 is 4.74 Å². The maximum atomic E-state index is 12.5. The molecule has 1 N–H and O–H groups in total. The Kier molecular flexibility index (Phi) is 7.30. The van der Waals surface area contributed by atoms with Gasteiger partial charge in [-0.3, -0.25) is 14.5 Å². The number of benzene rings is 2. The molecule has 0 atom stereocenters. The van der Waals surface area contributed by atoms with Crippen molar-refractivity contribution >= 4 is 50.9 Å². The molecule has 2 aromatic carbocycles. The molecule has 3 rings (SSSR count). The first-order chi connectivity index (χ1) is 14.4. The smallest absolute Gasteiger partial charge is 0.335 e. The summed E-state index contributed by atoms with van der Waals surface area (Å²) in [6.45, 7) is 0.696. The first-order valence-electron chi connectivity index (χ1n) is 8.88. The predicted octanol–water partition coefficient (Wildman–Crippen LogP) is 4.41. The topological polar surface area (TPSA) is 93.1 Å². The molecule has 1 saturated heterocycles. The van der Waals surface area contributed by atoms with E-state index in [-0.39, 0.29) is 36.5 Å². The van der Waals surface area contributed by atoms with E-state index in [0.717, 1.165) is 26.7 Å². The van der Waals surface area contributed by atoms with Gasteiger partial charge in [0.15, 0.2) is 0 Å². The minimum atomic E-state index is -0.989. The lowest BCUT2D eigenvalue weighted by molar-refractivity contribution is -0.123. The van der Waals surface area contributed by atoms with Gasteiger partial charge < -0.3 is 14.6 Å². The van der Waals surface area contributed by atoms with E-state index >= 15 is 0 Å². The molecule has 0 aliphatic carbocycles. The van der Waals surface area contributed by atoms with E-state index in [1.807, 2.05) is 6.07 Å². The van der Waals surface area contributed by atoms with Gasteiger partial charge in [0.25, 0.3) is 11.1 Å². The Labute approximate surface area is 185 Å². The number of ether oxygens (including phenoxy) is 2. The van der Waals surface area contributed by atoms with E-state index in [9.17, 15) is 14.4 Å². The quantitative estimate of drug-likeness (QED) is 0.546. The van der Waals surface area contributed by atoms with Gasteiger partial charge in [0.1, 0.15) is 12.4 Å². The van der Waals surface area contributed by atoms with E-state index in [4.69, 9.17) is 14.6 Å². The highest BCUT2D eigenvalue weighted by Gasteiger charge is 2.34. The zero-order valence-corrected chi connectivity index (χ0v) is 18.4. The number of carbonyl (C=O) groups excluding carboxylic acids is 2. The Hall–Kier alpha value is -2.62. The van der Waals surface area contributed by atoms with Gasteiger partial charge >= 0.3 is 5.97 Å². The molecule has 0 spiro atoms. The minimum Gasteiger partial charge on any atom is -0.488 e. The molecule has 0 saturated carbocycles. The Balaban J connectivity index is 1.78. The molecule has 1 heterocycles. The third-order valence-corrected chi connectivity index (χ3v) is 5.65. The molecule has 156 valence electrons. The second kappa shape index (κ2) is 9.92.